The Balaban J connectivity index is 2.03. The van der Waals surface area contributed by atoms with Crippen LogP contribution in [0, 0.1) is 6.92 Å². The van der Waals surface area contributed by atoms with Crippen molar-refractivity contribution in [1.82, 2.24) is 15.2 Å². The van der Waals surface area contributed by atoms with Gasteiger partial charge >= 0.3 is 6.09 Å². The number of piperidine rings is 1. The first kappa shape index (κ1) is 15.9. The first-order chi connectivity index (χ1) is 9.81. The number of carboxylic acid groups (broad SMARTS) is 1. The summed E-state index contributed by atoms with van der Waals surface area (Å²) in [4.78, 5) is 26.6. The van der Waals surface area contributed by atoms with Gasteiger partial charge in [-0.05, 0) is 13.3 Å². The van der Waals surface area contributed by atoms with Crippen LogP contribution in [0.2, 0.25) is 10.0 Å². The van der Waals surface area contributed by atoms with Gasteiger partial charge in [0.25, 0.3) is 5.91 Å². The van der Waals surface area contributed by atoms with Gasteiger partial charge in [-0.3, -0.25) is 4.79 Å². The van der Waals surface area contributed by atoms with E-state index in [9.17, 15) is 14.0 Å². The maximum absolute atomic E-state index is 13.9. The smallest absolute Gasteiger partial charge is 0.407 e. The molecule has 2 amide bonds. The normalized spacial score (nSPS) is 22.2. The fourth-order valence-corrected chi connectivity index (χ4v) is 2.63. The molecule has 0 radical (unpaired) electrons. The van der Waals surface area contributed by atoms with Gasteiger partial charge in [0, 0.05) is 12.2 Å². The number of carbonyl (C=O) groups excluding carboxylic acids is 1. The molecule has 1 aromatic rings. The van der Waals surface area contributed by atoms with Gasteiger partial charge in [0.1, 0.15) is 11.9 Å². The standard InChI is InChI=1S/C12H14Cl2FN3O3/c1-5-8(13)9(14)10(16-5)11(19)17-7-2-3-18(12(20)21)4-6(7)15/h6-7,16H,2-4H2,1H3,(H,17,19)(H,20,21)/t6-,7+/m0/s1. The van der Waals surface area contributed by atoms with Gasteiger partial charge in [-0.15, -0.1) is 0 Å². The van der Waals surface area contributed by atoms with E-state index in [1.165, 1.54) is 0 Å². The molecule has 0 saturated carbocycles. The molecule has 0 aromatic carbocycles. The van der Waals surface area contributed by atoms with Crippen LogP contribution >= 0.6 is 23.2 Å². The van der Waals surface area contributed by atoms with Crippen LogP contribution in [-0.2, 0) is 0 Å². The molecule has 2 heterocycles. The molecule has 1 aromatic heterocycles. The van der Waals surface area contributed by atoms with Crippen LogP contribution in [0.25, 0.3) is 0 Å². The highest BCUT2D eigenvalue weighted by atomic mass is 35.5. The number of halogens is 3. The minimum absolute atomic E-state index is 0.0760. The Bertz CT molecular complexity index is 578. The van der Waals surface area contributed by atoms with Crippen LogP contribution in [-0.4, -0.2) is 52.3 Å². The lowest BCUT2D eigenvalue weighted by molar-refractivity contribution is 0.0750. The van der Waals surface area contributed by atoms with Crippen molar-refractivity contribution in [2.75, 3.05) is 13.1 Å². The van der Waals surface area contributed by atoms with Crippen LogP contribution in [0.15, 0.2) is 0 Å². The summed E-state index contributed by atoms with van der Waals surface area (Å²) in [5.74, 6) is -0.563. The molecule has 2 rings (SSSR count). The number of H-pyrrole nitrogens is 1. The summed E-state index contributed by atoms with van der Waals surface area (Å²) in [5.41, 5.74) is 0.622. The molecule has 1 aliphatic heterocycles. The summed E-state index contributed by atoms with van der Waals surface area (Å²) in [6.45, 7) is 1.56. The second-order valence-corrected chi connectivity index (χ2v) is 5.62. The zero-order valence-corrected chi connectivity index (χ0v) is 12.6. The third-order valence-corrected chi connectivity index (χ3v) is 4.36. The van der Waals surface area contributed by atoms with Gasteiger partial charge < -0.3 is 20.3 Å². The van der Waals surface area contributed by atoms with E-state index in [0.29, 0.717) is 5.69 Å². The van der Waals surface area contributed by atoms with Crippen molar-refractivity contribution in [3.8, 4) is 0 Å². The lowest BCUT2D eigenvalue weighted by Gasteiger charge is -2.33. The fraction of sp³-hybridized carbons (Fsp3) is 0.500. The van der Waals surface area contributed by atoms with Crippen LogP contribution < -0.4 is 5.32 Å². The molecule has 21 heavy (non-hydrogen) atoms. The molecule has 6 nitrogen and oxygen atoms in total. The molecule has 9 heteroatoms. The largest absolute Gasteiger partial charge is 0.465 e. The SMILES string of the molecule is Cc1[nH]c(C(=O)N[C@@H]2CCN(C(=O)O)C[C@@H]2F)c(Cl)c1Cl. The number of carbonyl (C=O) groups is 2. The number of hydrogen-bond donors (Lipinski definition) is 3. The molecule has 1 saturated heterocycles. The number of likely N-dealkylation sites (tertiary alicyclic amines) is 1. The molecule has 0 spiro atoms. The third-order valence-electron chi connectivity index (χ3n) is 3.41. The van der Waals surface area contributed by atoms with Crippen molar-refractivity contribution in [3.05, 3.63) is 21.4 Å². The Hall–Kier alpha value is -1.47. The first-order valence-corrected chi connectivity index (χ1v) is 7.03. The van der Waals surface area contributed by atoms with Gasteiger partial charge in [-0.1, -0.05) is 23.2 Å². The third kappa shape index (κ3) is 3.24. The molecule has 0 aliphatic carbocycles. The van der Waals surface area contributed by atoms with Crippen molar-refractivity contribution in [3.63, 3.8) is 0 Å². The van der Waals surface area contributed by atoms with Crippen LogP contribution in [0.3, 0.4) is 0 Å². The van der Waals surface area contributed by atoms with Gasteiger partial charge in [0.2, 0.25) is 0 Å². The van der Waals surface area contributed by atoms with Gasteiger partial charge in [-0.25, -0.2) is 9.18 Å². The number of aryl methyl sites for hydroxylation is 1. The van der Waals surface area contributed by atoms with Crippen molar-refractivity contribution < 1.29 is 19.1 Å². The molecular weight excluding hydrogens is 324 g/mol. The molecular formula is C12H14Cl2FN3O3. The second-order valence-electron chi connectivity index (χ2n) is 4.87. The van der Waals surface area contributed by atoms with Crippen molar-refractivity contribution in [2.45, 2.75) is 25.6 Å². The number of aromatic amines is 1. The Morgan fingerprint density at radius 3 is 2.57 bits per heavy atom. The predicted octanol–water partition coefficient (Wildman–Crippen LogP) is 2.45. The summed E-state index contributed by atoms with van der Waals surface area (Å²) >= 11 is 11.8. The molecule has 2 atom stereocenters. The highest BCUT2D eigenvalue weighted by Crippen LogP contribution is 2.29. The maximum atomic E-state index is 13.9. The highest BCUT2D eigenvalue weighted by Gasteiger charge is 2.33. The van der Waals surface area contributed by atoms with E-state index < -0.39 is 24.2 Å². The lowest BCUT2D eigenvalue weighted by atomic mass is 10.0. The topological polar surface area (TPSA) is 85.4 Å². The van der Waals surface area contributed by atoms with E-state index in [1.807, 2.05) is 0 Å². The summed E-state index contributed by atoms with van der Waals surface area (Å²) in [6.07, 6.45) is -2.44. The van der Waals surface area contributed by atoms with Crippen molar-refractivity contribution in [2.24, 2.45) is 0 Å². The number of alkyl halides is 1. The molecule has 116 valence electrons. The first-order valence-electron chi connectivity index (χ1n) is 6.27. The van der Waals surface area contributed by atoms with Crippen molar-refractivity contribution in [1.29, 1.82) is 0 Å². The fourth-order valence-electron chi connectivity index (χ4n) is 2.21. The number of amides is 2. The van der Waals surface area contributed by atoms with E-state index in [1.54, 1.807) is 6.92 Å². The van der Waals surface area contributed by atoms with Crippen LogP contribution in [0.4, 0.5) is 9.18 Å². The Labute approximate surface area is 130 Å². The molecule has 1 fully saturated rings. The highest BCUT2D eigenvalue weighted by molar-refractivity contribution is 6.44. The zero-order chi connectivity index (χ0) is 15.7. The summed E-state index contributed by atoms with van der Waals surface area (Å²) in [5, 5.41) is 11.7. The number of nitrogens with one attached hydrogen (secondary N) is 2. The number of hydrogen-bond acceptors (Lipinski definition) is 2. The zero-order valence-electron chi connectivity index (χ0n) is 11.1. The molecule has 0 unspecified atom stereocenters. The maximum Gasteiger partial charge on any atom is 0.407 e. The predicted molar refractivity (Wildman–Crippen MR) is 75.9 cm³/mol. The number of aromatic nitrogens is 1. The van der Waals surface area contributed by atoms with Gasteiger partial charge in [-0.2, -0.15) is 0 Å². The Morgan fingerprint density at radius 1 is 1.43 bits per heavy atom. The van der Waals surface area contributed by atoms with E-state index in [4.69, 9.17) is 28.3 Å². The monoisotopic (exact) mass is 337 g/mol. The van der Waals surface area contributed by atoms with E-state index in [0.717, 1.165) is 4.90 Å². The quantitative estimate of drug-likeness (QED) is 0.774. The van der Waals surface area contributed by atoms with E-state index in [2.05, 4.69) is 10.3 Å². The van der Waals surface area contributed by atoms with Crippen LogP contribution in [0.1, 0.15) is 22.6 Å². The number of rotatable bonds is 2. The minimum atomic E-state index is -1.47. The summed E-state index contributed by atoms with van der Waals surface area (Å²) in [7, 11) is 0. The van der Waals surface area contributed by atoms with E-state index >= 15 is 0 Å². The van der Waals surface area contributed by atoms with Gasteiger partial charge in [0.15, 0.2) is 0 Å². The van der Waals surface area contributed by atoms with Gasteiger partial charge in [0.05, 0.1) is 22.6 Å². The molecule has 0 bridgehead atoms. The lowest BCUT2D eigenvalue weighted by Crippen LogP contribution is -2.53. The Kier molecular flexibility index (Phi) is 4.63. The molecule has 3 N–H and O–H groups in total. The second kappa shape index (κ2) is 6.11. The summed E-state index contributed by atoms with van der Waals surface area (Å²) < 4.78 is 13.9. The minimum Gasteiger partial charge on any atom is -0.465 e. The average Bonchev–Trinajstić information content (AvgIpc) is 2.68. The summed E-state index contributed by atoms with van der Waals surface area (Å²) in [6, 6.07) is -0.758. The van der Waals surface area contributed by atoms with Crippen molar-refractivity contribution >= 4 is 35.2 Å². The number of nitrogens with zero attached hydrogens (tertiary/aromatic N) is 1. The average molecular weight is 338 g/mol. The van der Waals surface area contributed by atoms with Crippen LogP contribution in [0.5, 0.6) is 0 Å². The Morgan fingerprint density at radius 2 is 2.10 bits per heavy atom. The molecule has 1 aliphatic rings. The van der Waals surface area contributed by atoms with E-state index in [-0.39, 0.29) is 35.2 Å².